The average molecular weight is 253 g/mol. The van der Waals surface area contributed by atoms with E-state index in [4.69, 9.17) is 10.5 Å². The van der Waals surface area contributed by atoms with Gasteiger partial charge in [0.25, 0.3) is 0 Å². The Hall–Kier alpha value is -1.29. The topological polar surface area (TPSA) is 55.5 Å². The van der Waals surface area contributed by atoms with Crippen LogP contribution in [0.25, 0.3) is 0 Å². The van der Waals surface area contributed by atoms with E-state index in [1.54, 1.807) is 13.8 Å². The molecule has 0 aliphatic heterocycles. The number of phenolic OH excluding ortho intramolecular Hbond substituents is 1. The maximum Gasteiger partial charge on any atom is 0.166 e. The van der Waals surface area contributed by atoms with Crippen LogP contribution in [-0.4, -0.2) is 18.8 Å². The standard InChI is InChI=1S/C14H20FNO2/c1-8-10(14(7-16)5-4-6-14)12(17)13(18-3)9(2)11(8)15/h17H,4-7,16H2,1-3H3. The van der Waals surface area contributed by atoms with Crippen LogP contribution in [-0.2, 0) is 5.41 Å². The quantitative estimate of drug-likeness (QED) is 0.870. The molecule has 18 heavy (non-hydrogen) atoms. The minimum absolute atomic E-state index is 0.0547. The molecule has 0 atom stereocenters. The van der Waals surface area contributed by atoms with Crippen LogP contribution >= 0.6 is 0 Å². The molecule has 1 aromatic rings. The normalized spacial score (nSPS) is 17.4. The van der Waals surface area contributed by atoms with E-state index >= 15 is 0 Å². The van der Waals surface area contributed by atoms with Gasteiger partial charge in [-0.3, -0.25) is 0 Å². The Balaban J connectivity index is 2.70. The number of halogens is 1. The fourth-order valence-electron chi connectivity index (χ4n) is 3.02. The average Bonchev–Trinajstić information content (AvgIpc) is 2.30. The van der Waals surface area contributed by atoms with Crippen molar-refractivity contribution in [3.63, 3.8) is 0 Å². The van der Waals surface area contributed by atoms with Crippen molar-refractivity contribution in [2.45, 2.75) is 38.5 Å². The second-order valence-electron chi connectivity index (χ2n) is 5.16. The molecule has 0 bridgehead atoms. The van der Waals surface area contributed by atoms with E-state index in [0.717, 1.165) is 19.3 Å². The molecule has 4 heteroatoms. The summed E-state index contributed by atoms with van der Waals surface area (Å²) >= 11 is 0. The Morgan fingerprint density at radius 1 is 1.33 bits per heavy atom. The Kier molecular flexibility index (Phi) is 3.23. The molecule has 1 aliphatic carbocycles. The molecule has 0 spiro atoms. The van der Waals surface area contributed by atoms with Gasteiger partial charge in [0.05, 0.1) is 7.11 Å². The van der Waals surface area contributed by atoms with Gasteiger partial charge in [0.1, 0.15) is 5.82 Å². The van der Waals surface area contributed by atoms with Gasteiger partial charge in [0.15, 0.2) is 11.5 Å². The number of aromatic hydroxyl groups is 1. The molecule has 2 rings (SSSR count). The summed E-state index contributed by atoms with van der Waals surface area (Å²) in [4.78, 5) is 0. The van der Waals surface area contributed by atoms with Crippen LogP contribution in [0.15, 0.2) is 0 Å². The number of nitrogens with two attached hydrogens (primary N) is 1. The van der Waals surface area contributed by atoms with Crippen LogP contribution < -0.4 is 10.5 Å². The lowest BCUT2D eigenvalue weighted by atomic mass is 9.63. The second-order valence-corrected chi connectivity index (χ2v) is 5.16. The van der Waals surface area contributed by atoms with Crippen molar-refractivity contribution < 1.29 is 14.2 Å². The molecule has 1 saturated carbocycles. The second kappa shape index (κ2) is 4.43. The summed E-state index contributed by atoms with van der Waals surface area (Å²) in [7, 11) is 1.44. The predicted molar refractivity (Wildman–Crippen MR) is 68.7 cm³/mol. The van der Waals surface area contributed by atoms with Gasteiger partial charge < -0.3 is 15.6 Å². The fourth-order valence-corrected chi connectivity index (χ4v) is 3.02. The molecule has 1 fully saturated rings. The van der Waals surface area contributed by atoms with Crippen molar-refractivity contribution in [3.8, 4) is 11.5 Å². The summed E-state index contributed by atoms with van der Waals surface area (Å²) in [6.45, 7) is 3.74. The van der Waals surface area contributed by atoms with E-state index in [0.29, 0.717) is 23.2 Å². The zero-order valence-corrected chi connectivity index (χ0v) is 11.1. The molecule has 100 valence electrons. The van der Waals surface area contributed by atoms with Crippen LogP contribution in [0.3, 0.4) is 0 Å². The summed E-state index contributed by atoms with van der Waals surface area (Å²) in [5.41, 5.74) is 7.04. The van der Waals surface area contributed by atoms with Crippen molar-refractivity contribution in [1.82, 2.24) is 0 Å². The number of benzene rings is 1. The van der Waals surface area contributed by atoms with Crippen molar-refractivity contribution >= 4 is 0 Å². The van der Waals surface area contributed by atoms with Crippen molar-refractivity contribution in [3.05, 3.63) is 22.5 Å². The first kappa shape index (κ1) is 13.1. The van der Waals surface area contributed by atoms with Crippen molar-refractivity contribution in [2.75, 3.05) is 13.7 Å². The molecular weight excluding hydrogens is 233 g/mol. The SMILES string of the molecule is COc1c(C)c(F)c(C)c(C2(CN)CCC2)c1O. The predicted octanol–water partition coefficient (Wildman–Crippen LogP) is 2.54. The number of methoxy groups -OCH3 is 1. The molecule has 1 aromatic carbocycles. The van der Waals surface area contributed by atoms with Gasteiger partial charge in [-0.05, 0) is 32.3 Å². The highest BCUT2D eigenvalue weighted by atomic mass is 19.1. The molecule has 3 N–H and O–H groups in total. The van der Waals surface area contributed by atoms with Crippen molar-refractivity contribution in [1.29, 1.82) is 0 Å². The summed E-state index contributed by atoms with van der Waals surface area (Å²) < 4.78 is 19.3. The monoisotopic (exact) mass is 253 g/mol. The van der Waals surface area contributed by atoms with Crippen molar-refractivity contribution in [2.24, 2.45) is 5.73 Å². The number of rotatable bonds is 3. The molecule has 1 aliphatic rings. The molecular formula is C14H20FNO2. The zero-order valence-electron chi connectivity index (χ0n) is 11.1. The number of phenols is 1. The maximum absolute atomic E-state index is 14.2. The molecule has 0 amide bonds. The zero-order chi connectivity index (χ0) is 13.5. The number of hydrogen-bond acceptors (Lipinski definition) is 3. The highest BCUT2D eigenvalue weighted by molar-refractivity contribution is 5.58. The molecule has 0 saturated heterocycles. The van der Waals surface area contributed by atoms with Gasteiger partial charge in [-0.2, -0.15) is 0 Å². The van der Waals surface area contributed by atoms with Gasteiger partial charge in [0, 0.05) is 23.1 Å². The minimum atomic E-state index is -0.306. The largest absolute Gasteiger partial charge is 0.504 e. The smallest absolute Gasteiger partial charge is 0.166 e. The Morgan fingerprint density at radius 3 is 2.33 bits per heavy atom. The van der Waals surface area contributed by atoms with Crippen LogP contribution in [0, 0.1) is 19.7 Å². The van der Waals surface area contributed by atoms with E-state index in [1.165, 1.54) is 7.11 Å². The first-order chi connectivity index (χ1) is 8.48. The molecule has 0 aromatic heterocycles. The first-order valence-electron chi connectivity index (χ1n) is 6.24. The molecule has 3 nitrogen and oxygen atoms in total. The van der Waals surface area contributed by atoms with Crippen LogP contribution in [0.2, 0.25) is 0 Å². The Bertz CT molecular complexity index is 476. The third kappa shape index (κ3) is 1.59. The lowest BCUT2D eigenvalue weighted by Crippen LogP contribution is -2.42. The van der Waals surface area contributed by atoms with Gasteiger partial charge in [-0.15, -0.1) is 0 Å². The van der Waals surface area contributed by atoms with Gasteiger partial charge in [-0.1, -0.05) is 6.42 Å². The van der Waals surface area contributed by atoms with E-state index < -0.39 is 0 Å². The van der Waals surface area contributed by atoms with Gasteiger partial charge in [0.2, 0.25) is 0 Å². The van der Waals surface area contributed by atoms with Crippen LogP contribution in [0.1, 0.15) is 36.0 Å². The number of hydrogen-bond donors (Lipinski definition) is 2. The van der Waals surface area contributed by atoms with Gasteiger partial charge >= 0.3 is 0 Å². The first-order valence-corrected chi connectivity index (χ1v) is 6.24. The fraction of sp³-hybridized carbons (Fsp3) is 0.571. The van der Waals surface area contributed by atoms with Gasteiger partial charge in [-0.25, -0.2) is 4.39 Å². The molecule has 0 radical (unpaired) electrons. The lowest BCUT2D eigenvalue weighted by molar-refractivity contribution is 0.239. The molecule has 0 heterocycles. The van der Waals surface area contributed by atoms with Crippen LogP contribution in [0.5, 0.6) is 11.5 Å². The van der Waals surface area contributed by atoms with E-state index in [2.05, 4.69) is 0 Å². The Morgan fingerprint density at radius 2 is 1.94 bits per heavy atom. The summed E-state index contributed by atoms with van der Waals surface area (Å²) in [6, 6.07) is 0. The third-order valence-electron chi connectivity index (χ3n) is 4.26. The molecule has 0 unspecified atom stereocenters. The lowest BCUT2D eigenvalue weighted by Gasteiger charge is -2.43. The summed E-state index contributed by atoms with van der Waals surface area (Å²) in [5, 5.41) is 10.4. The van der Waals surface area contributed by atoms with Crippen LogP contribution in [0.4, 0.5) is 4.39 Å². The highest BCUT2D eigenvalue weighted by Gasteiger charge is 2.42. The summed E-state index contributed by atoms with van der Waals surface area (Å²) in [6.07, 6.45) is 2.85. The Labute approximate surface area is 107 Å². The number of ether oxygens (including phenoxy) is 1. The maximum atomic E-state index is 14.2. The summed E-state index contributed by atoms with van der Waals surface area (Å²) in [5.74, 6) is -0.0220. The van der Waals surface area contributed by atoms with E-state index in [1.807, 2.05) is 0 Å². The third-order valence-corrected chi connectivity index (χ3v) is 4.26. The minimum Gasteiger partial charge on any atom is -0.504 e. The van der Waals surface area contributed by atoms with E-state index in [-0.39, 0.29) is 22.7 Å². The van der Waals surface area contributed by atoms with E-state index in [9.17, 15) is 9.50 Å². The highest BCUT2D eigenvalue weighted by Crippen LogP contribution is 2.51.